The Morgan fingerprint density at radius 3 is 3.17 bits per heavy atom. The summed E-state index contributed by atoms with van der Waals surface area (Å²) in [6.07, 6.45) is 0.164. The molecule has 0 bridgehead atoms. The summed E-state index contributed by atoms with van der Waals surface area (Å²) < 4.78 is 17.6. The lowest BCUT2D eigenvalue weighted by molar-refractivity contribution is 0.176. The summed E-state index contributed by atoms with van der Waals surface area (Å²) in [6.45, 7) is 0.563. The number of ether oxygens (including phenoxy) is 1. The smallest absolute Gasteiger partial charge is 0.413 e. The third-order valence-electron chi connectivity index (χ3n) is 2.66. The summed E-state index contributed by atoms with van der Waals surface area (Å²) in [7, 11) is 1.28. The lowest BCUT2D eigenvalue weighted by Crippen LogP contribution is -2.45. The number of hydrogen-bond acceptors (Lipinski definition) is 4. The van der Waals surface area contributed by atoms with Crippen LogP contribution in [-0.4, -0.2) is 25.7 Å². The molecule has 6 heteroatoms. The first kappa shape index (κ1) is 12.3. The third-order valence-corrected chi connectivity index (χ3v) is 2.66. The van der Waals surface area contributed by atoms with Gasteiger partial charge < -0.3 is 10.1 Å². The average Bonchev–Trinajstić information content (AvgIpc) is 2.39. The molecule has 1 amide bonds. The van der Waals surface area contributed by atoms with E-state index >= 15 is 0 Å². The minimum atomic E-state index is -0.582. The first-order valence-corrected chi connectivity index (χ1v) is 5.60. The van der Waals surface area contributed by atoms with Crippen LogP contribution >= 0.6 is 0 Å². The number of alkyl carbamates (subject to hydrolysis) is 1. The maximum atomic E-state index is 13.1. The van der Waals surface area contributed by atoms with Crippen molar-refractivity contribution in [2.75, 3.05) is 13.7 Å². The molecule has 1 aromatic carbocycles. The number of rotatable bonds is 1. The molecule has 5 nitrogen and oxygen atoms in total. The van der Waals surface area contributed by atoms with Gasteiger partial charge in [-0.25, -0.2) is 9.18 Å². The van der Waals surface area contributed by atoms with E-state index in [0.717, 1.165) is 12.0 Å². The fourth-order valence-corrected chi connectivity index (χ4v) is 1.78. The minimum absolute atomic E-state index is 0.0645. The zero-order chi connectivity index (χ0) is 13.0. The summed E-state index contributed by atoms with van der Waals surface area (Å²) in [5.41, 5.74) is 0.828. The number of hydrogen-bond donors (Lipinski definition) is 2. The summed E-state index contributed by atoms with van der Waals surface area (Å²) in [4.78, 5) is 15.2. The molecule has 0 aromatic heterocycles. The van der Waals surface area contributed by atoms with Crippen molar-refractivity contribution >= 4 is 12.1 Å². The van der Waals surface area contributed by atoms with E-state index in [1.54, 1.807) is 6.07 Å². The van der Waals surface area contributed by atoms with E-state index < -0.39 is 6.09 Å². The van der Waals surface area contributed by atoms with Crippen molar-refractivity contribution in [2.24, 2.45) is 4.99 Å². The molecule has 0 saturated heterocycles. The van der Waals surface area contributed by atoms with Crippen molar-refractivity contribution in [3.05, 3.63) is 35.6 Å². The average molecular weight is 251 g/mol. The van der Waals surface area contributed by atoms with Crippen LogP contribution in [0.25, 0.3) is 0 Å². The number of methoxy groups -OCH3 is 1. The molecule has 1 aliphatic heterocycles. The fraction of sp³-hybridized carbons (Fsp3) is 0.333. The standard InChI is InChI=1S/C12H14FN3O2/c1-18-12(17)16-11-14-6-5-10(15-11)8-3-2-4-9(13)7-8/h2-4,7,10H,5-6H2,1H3,(H2,14,15,16,17). The van der Waals surface area contributed by atoms with E-state index in [9.17, 15) is 9.18 Å². The molecule has 18 heavy (non-hydrogen) atoms. The predicted molar refractivity (Wildman–Crippen MR) is 64.7 cm³/mol. The normalized spacial score (nSPS) is 18.6. The maximum absolute atomic E-state index is 13.1. The quantitative estimate of drug-likeness (QED) is 0.796. The van der Waals surface area contributed by atoms with Gasteiger partial charge in [-0.2, -0.15) is 0 Å². The molecular formula is C12H14FN3O2. The topological polar surface area (TPSA) is 62.7 Å². The highest BCUT2D eigenvalue weighted by Gasteiger charge is 2.19. The predicted octanol–water partition coefficient (Wildman–Crippen LogP) is 1.57. The van der Waals surface area contributed by atoms with E-state index in [1.165, 1.54) is 19.2 Å². The number of carbonyl (C=O) groups excluding carboxylic acids is 1. The zero-order valence-corrected chi connectivity index (χ0v) is 9.94. The van der Waals surface area contributed by atoms with Crippen LogP contribution in [0, 0.1) is 5.82 Å². The summed E-state index contributed by atoms with van der Waals surface area (Å²) in [5.74, 6) is 0.0710. The van der Waals surface area contributed by atoms with Crippen LogP contribution in [0.3, 0.4) is 0 Å². The van der Waals surface area contributed by atoms with Gasteiger partial charge in [-0.05, 0) is 24.1 Å². The number of amides is 1. The summed E-state index contributed by atoms with van der Waals surface area (Å²) >= 11 is 0. The van der Waals surface area contributed by atoms with Gasteiger partial charge in [0.15, 0.2) is 0 Å². The van der Waals surface area contributed by atoms with Crippen LogP contribution < -0.4 is 10.6 Å². The molecule has 96 valence electrons. The Balaban J connectivity index is 2.05. The van der Waals surface area contributed by atoms with Crippen molar-refractivity contribution in [1.82, 2.24) is 10.6 Å². The first-order valence-electron chi connectivity index (χ1n) is 5.60. The van der Waals surface area contributed by atoms with E-state index in [-0.39, 0.29) is 11.9 Å². The number of aliphatic imine (C=N–C) groups is 1. The molecule has 2 N–H and O–H groups in total. The number of carbonyl (C=O) groups is 1. The van der Waals surface area contributed by atoms with Crippen molar-refractivity contribution in [3.63, 3.8) is 0 Å². The monoisotopic (exact) mass is 251 g/mol. The van der Waals surface area contributed by atoms with Gasteiger partial charge in [0, 0.05) is 6.54 Å². The Hall–Kier alpha value is -2.11. The number of halogens is 1. The van der Waals surface area contributed by atoms with E-state index in [2.05, 4.69) is 20.4 Å². The number of guanidine groups is 1. The summed E-state index contributed by atoms with van der Waals surface area (Å²) in [6, 6.07) is 6.30. The largest absolute Gasteiger partial charge is 0.453 e. The Morgan fingerprint density at radius 1 is 1.61 bits per heavy atom. The molecule has 1 unspecified atom stereocenters. The van der Waals surface area contributed by atoms with Crippen molar-refractivity contribution in [3.8, 4) is 0 Å². The molecule has 0 fully saturated rings. The molecule has 0 spiro atoms. The van der Waals surface area contributed by atoms with Crippen LogP contribution in [-0.2, 0) is 4.74 Å². The Kier molecular flexibility index (Phi) is 3.76. The van der Waals surface area contributed by atoms with Crippen LogP contribution in [0.1, 0.15) is 18.0 Å². The highest BCUT2D eigenvalue weighted by atomic mass is 19.1. The lowest BCUT2D eigenvalue weighted by Gasteiger charge is -2.24. The number of nitrogens with zero attached hydrogens (tertiary/aromatic N) is 1. The molecule has 1 aromatic rings. The zero-order valence-electron chi connectivity index (χ0n) is 9.94. The highest BCUT2D eigenvalue weighted by Crippen LogP contribution is 2.19. The number of nitrogens with one attached hydrogen (secondary N) is 2. The highest BCUT2D eigenvalue weighted by molar-refractivity contribution is 5.94. The molecule has 1 aliphatic rings. The first-order chi connectivity index (χ1) is 8.69. The van der Waals surface area contributed by atoms with Gasteiger partial charge in [0.1, 0.15) is 5.82 Å². The molecule has 1 atom stereocenters. The molecule has 0 saturated carbocycles. The maximum Gasteiger partial charge on any atom is 0.413 e. The van der Waals surface area contributed by atoms with Gasteiger partial charge in [-0.15, -0.1) is 0 Å². The van der Waals surface area contributed by atoms with Crippen LogP contribution in [0.5, 0.6) is 0 Å². The molecule has 0 radical (unpaired) electrons. The second-order valence-electron chi connectivity index (χ2n) is 3.89. The van der Waals surface area contributed by atoms with Crippen molar-refractivity contribution in [2.45, 2.75) is 12.5 Å². The Morgan fingerprint density at radius 2 is 2.44 bits per heavy atom. The van der Waals surface area contributed by atoms with E-state index in [1.807, 2.05) is 6.07 Å². The third kappa shape index (κ3) is 2.97. The Bertz CT molecular complexity index is 476. The molecule has 0 aliphatic carbocycles. The van der Waals surface area contributed by atoms with Gasteiger partial charge in [0.05, 0.1) is 13.2 Å². The van der Waals surface area contributed by atoms with Crippen LogP contribution in [0.2, 0.25) is 0 Å². The van der Waals surface area contributed by atoms with Crippen molar-refractivity contribution in [1.29, 1.82) is 0 Å². The van der Waals surface area contributed by atoms with Crippen LogP contribution in [0.15, 0.2) is 29.3 Å². The minimum Gasteiger partial charge on any atom is -0.453 e. The van der Waals surface area contributed by atoms with Gasteiger partial charge in [0.2, 0.25) is 5.96 Å². The lowest BCUT2D eigenvalue weighted by atomic mass is 10.0. The Labute approximate surface area is 104 Å². The SMILES string of the molecule is COC(=O)NC1=NCCC(c2cccc(F)c2)N1. The number of benzene rings is 1. The molecular weight excluding hydrogens is 237 g/mol. The second kappa shape index (κ2) is 5.48. The molecule has 1 heterocycles. The second-order valence-corrected chi connectivity index (χ2v) is 3.89. The van der Waals surface area contributed by atoms with E-state index in [4.69, 9.17) is 0 Å². The summed E-state index contributed by atoms with van der Waals surface area (Å²) in [5, 5.41) is 5.50. The van der Waals surface area contributed by atoms with Crippen LogP contribution in [0.4, 0.5) is 9.18 Å². The molecule has 2 rings (SSSR count). The van der Waals surface area contributed by atoms with Gasteiger partial charge >= 0.3 is 6.09 Å². The van der Waals surface area contributed by atoms with Crippen molar-refractivity contribution < 1.29 is 13.9 Å². The van der Waals surface area contributed by atoms with E-state index in [0.29, 0.717) is 12.5 Å². The van der Waals surface area contributed by atoms with Gasteiger partial charge in [-0.1, -0.05) is 12.1 Å². The van der Waals surface area contributed by atoms with Gasteiger partial charge in [0.25, 0.3) is 0 Å². The fourth-order valence-electron chi connectivity index (χ4n) is 1.78. The van der Waals surface area contributed by atoms with Gasteiger partial charge in [-0.3, -0.25) is 10.3 Å².